The van der Waals surface area contributed by atoms with E-state index in [0.717, 1.165) is 11.1 Å². The predicted octanol–water partition coefficient (Wildman–Crippen LogP) is 2.85. The van der Waals surface area contributed by atoms with E-state index in [0.29, 0.717) is 17.4 Å². The molecule has 1 aliphatic rings. The van der Waals surface area contributed by atoms with Crippen LogP contribution in [0.4, 0.5) is 4.39 Å². The number of aliphatic carboxylic acids is 1. The van der Waals surface area contributed by atoms with Crippen LogP contribution in [0.15, 0.2) is 65.8 Å². The maximum Gasteiger partial charge on any atom is 0.328 e. The summed E-state index contributed by atoms with van der Waals surface area (Å²) in [4.78, 5) is 23.1. The van der Waals surface area contributed by atoms with Crippen molar-refractivity contribution in [3.63, 3.8) is 0 Å². The first kappa shape index (κ1) is 17.3. The molecule has 1 unspecified atom stereocenters. The van der Waals surface area contributed by atoms with Gasteiger partial charge >= 0.3 is 5.97 Å². The fourth-order valence-corrected chi connectivity index (χ4v) is 2.80. The van der Waals surface area contributed by atoms with Gasteiger partial charge in [0.1, 0.15) is 11.6 Å². The number of hydrogen-bond acceptors (Lipinski definition) is 4. The lowest BCUT2D eigenvalue weighted by molar-refractivity contribution is -0.132. The lowest BCUT2D eigenvalue weighted by Crippen LogP contribution is -2.25. The molecule has 6 nitrogen and oxygen atoms in total. The third-order valence-corrected chi connectivity index (χ3v) is 3.99. The Bertz CT molecular complexity index is 923. The number of carboxylic acids is 1. The summed E-state index contributed by atoms with van der Waals surface area (Å²) in [5.41, 5.74) is 1.04. The molecule has 132 valence electrons. The zero-order valence-corrected chi connectivity index (χ0v) is 13.5. The molecule has 0 saturated carbocycles. The van der Waals surface area contributed by atoms with Crippen LogP contribution in [0.5, 0.6) is 5.75 Å². The second-order valence-corrected chi connectivity index (χ2v) is 5.66. The molecule has 0 aliphatic carbocycles. The summed E-state index contributed by atoms with van der Waals surface area (Å²) in [5, 5.41) is 24.1. The van der Waals surface area contributed by atoms with Crippen molar-refractivity contribution in [2.24, 2.45) is 5.10 Å². The Morgan fingerprint density at radius 3 is 2.50 bits per heavy atom. The zero-order valence-electron chi connectivity index (χ0n) is 13.5. The molecule has 0 aromatic heterocycles. The highest BCUT2D eigenvalue weighted by molar-refractivity contribution is 6.04. The fraction of sp³-hybridized carbons (Fsp3) is 0.105. The zero-order chi connectivity index (χ0) is 18.7. The molecule has 1 heterocycles. The Morgan fingerprint density at radius 2 is 1.81 bits per heavy atom. The van der Waals surface area contributed by atoms with Gasteiger partial charge in [0.25, 0.3) is 5.91 Å². The number of nitrogens with zero attached hydrogens (tertiary/aromatic N) is 2. The number of phenols is 1. The molecular weight excluding hydrogens is 339 g/mol. The summed E-state index contributed by atoms with van der Waals surface area (Å²) < 4.78 is 14.1. The molecule has 0 saturated heterocycles. The van der Waals surface area contributed by atoms with E-state index >= 15 is 0 Å². The number of amides is 1. The SMILES string of the molecule is O=C(O)C=CC(=O)N1N=C(c2ccccc2F)CC1c1ccccc1O. The highest BCUT2D eigenvalue weighted by atomic mass is 19.1. The third kappa shape index (κ3) is 3.46. The lowest BCUT2D eigenvalue weighted by atomic mass is 9.97. The van der Waals surface area contributed by atoms with Crippen LogP contribution in [0.25, 0.3) is 0 Å². The quantitative estimate of drug-likeness (QED) is 0.826. The van der Waals surface area contributed by atoms with Gasteiger partial charge < -0.3 is 10.2 Å². The van der Waals surface area contributed by atoms with Crippen LogP contribution in [-0.2, 0) is 9.59 Å². The molecule has 0 bridgehead atoms. The number of rotatable bonds is 4. The van der Waals surface area contributed by atoms with Crippen LogP contribution in [0.3, 0.4) is 0 Å². The Kier molecular flexibility index (Phi) is 4.79. The van der Waals surface area contributed by atoms with Crippen LogP contribution in [0.1, 0.15) is 23.6 Å². The van der Waals surface area contributed by atoms with E-state index in [-0.39, 0.29) is 17.7 Å². The van der Waals surface area contributed by atoms with Gasteiger partial charge in [0, 0.05) is 29.7 Å². The summed E-state index contributed by atoms with van der Waals surface area (Å²) in [7, 11) is 0. The Balaban J connectivity index is 2.01. The van der Waals surface area contributed by atoms with Gasteiger partial charge in [0.2, 0.25) is 0 Å². The third-order valence-electron chi connectivity index (χ3n) is 3.99. The molecule has 1 aliphatic heterocycles. The second kappa shape index (κ2) is 7.18. The normalized spacial score (nSPS) is 16.7. The number of hydrogen-bond donors (Lipinski definition) is 2. The number of carbonyl (C=O) groups is 2. The first-order chi connectivity index (χ1) is 12.5. The standard InChI is InChI=1S/C19H15FN2O4/c20-14-7-3-1-5-12(14)15-11-16(13-6-2-4-8-17(13)23)22(21-15)18(24)9-10-19(25)26/h1-10,16,23H,11H2,(H,25,26). The van der Waals surface area contributed by atoms with Crippen molar-refractivity contribution in [1.82, 2.24) is 5.01 Å². The number of aromatic hydroxyl groups is 1. The van der Waals surface area contributed by atoms with E-state index in [4.69, 9.17) is 5.11 Å². The summed E-state index contributed by atoms with van der Waals surface area (Å²) in [6.45, 7) is 0. The molecule has 0 spiro atoms. The Morgan fingerprint density at radius 1 is 1.12 bits per heavy atom. The maximum atomic E-state index is 14.1. The average molecular weight is 354 g/mol. The molecule has 2 N–H and O–H groups in total. The van der Waals surface area contributed by atoms with Crippen molar-refractivity contribution in [1.29, 1.82) is 0 Å². The molecule has 0 radical (unpaired) electrons. The molecule has 7 heteroatoms. The summed E-state index contributed by atoms with van der Waals surface area (Å²) in [5.74, 6) is -2.44. The number of hydrazone groups is 1. The highest BCUT2D eigenvalue weighted by Crippen LogP contribution is 2.37. The molecule has 1 atom stereocenters. The molecule has 2 aromatic carbocycles. The maximum absolute atomic E-state index is 14.1. The largest absolute Gasteiger partial charge is 0.508 e. The molecule has 0 fully saturated rings. The topological polar surface area (TPSA) is 90.2 Å². The smallest absolute Gasteiger partial charge is 0.328 e. The molecular formula is C19H15FN2O4. The second-order valence-electron chi connectivity index (χ2n) is 5.66. The van der Waals surface area contributed by atoms with Gasteiger partial charge in [-0.15, -0.1) is 0 Å². The fourth-order valence-electron chi connectivity index (χ4n) is 2.80. The minimum atomic E-state index is -1.27. The first-order valence-corrected chi connectivity index (χ1v) is 7.82. The van der Waals surface area contributed by atoms with Crippen LogP contribution in [-0.4, -0.2) is 32.8 Å². The van der Waals surface area contributed by atoms with E-state index in [1.54, 1.807) is 36.4 Å². The number of halogens is 1. The van der Waals surface area contributed by atoms with E-state index in [2.05, 4.69) is 5.10 Å². The van der Waals surface area contributed by atoms with E-state index in [1.165, 1.54) is 12.1 Å². The van der Waals surface area contributed by atoms with Gasteiger partial charge in [-0.25, -0.2) is 14.2 Å². The number of para-hydroxylation sites is 1. The van der Waals surface area contributed by atoms with Gasteiger partial charge in [0.15, 0.2) is 0 Å². The molecule has 2 aromatic rings. The monoisotopic (exact) mass is 354 g/mol. The number of carbonyl (C=O) groups excluding carboxylic acids is 1. The molecule has 1 amide bonds. The minimum absolute atomic E-state index is 0.0255. The number of benzene rings is 2. The van der Waals surface area contributed by atoms with Gasteiger partial charge in [-0.2, -0.15) is 5.10 Å². The lowest BCUT2D eigenvalue weighted by Gasteiger charge is -2.21. The van der Waals surface area contributed by atoms with Gasteiger partial charge in [0.05, 0.1) is 11.8 Å². The van der Waals surface area contributed by atoms with Crippen molar-refractivity contribution < 1.29 is 24.2 Å². The number of phenolic OH excluding ortho intramolecular Hbond substituents is 1. The minimum Gasteiger partial charge on any atom is -0.508 e. The van der Waals surface area contributed by atoms with Crippen molar-refractivity contribution in [3.05, 3.63) is 77.6 Å². The van der Waals surface area contributed by atoms with E-state index in [9.17, 15) is 19.1 Å². The van der Waals surface area contributed by atoms with E-state index in [1.807, 2.05) is 0 Å². The van der Waals surface area contributed by atoms with Crippen molar-refractivity contribution in [3.8, 4) is 5.75 Å². The molecule has 3 rings (SSSR count). The average Bonchev–Trinajstić information content (AvgIpc) is 3.05. The van der Waals surface area contributed by atoms with Crippen LogP contribution >= 0.6 is 0 Å². The Labute approximate surface area is 148 Å². The van der Waals surface area contributed by atoms with E-state index < -0.39 is 23.7 Å². The summed E-state index contributed by atoms with van der Waals surface area (Å²) >= 11 is 0. The highest BCUT2D eigenvalue weighted by Gasteiger charge is 2.34. The van der Waals surface area contributed by atoms with Gasteiger partial charge in [-0.05, 0) is 12.1 Å². The van der Waals surface area contributed by atoms with Crippen molar-refractivity contribution in [2.75, 3.05) is 0 Å². The summed E-state index contributed by atoms with van der Waals surface area (Å²) in [6.07, 6.45) is 1.77. The van der Waals surface area contributed by atoms with Crippen LogP contribution < -0.4 is 0 Å². The number of carboxylic acid groups (broad SMARTS) is 1. The van der Waals surface area contributed by atoms with Crippen LogP contribution in [0.2, 0.25) is 0 Å². The van der Waals surface area contributed by atoms with Gasteiger partial charge in [-0.1, -0.05) is 36.4 Å². The van der Waals surface area contributed by atoms with Crippen molar-refractivity contribution in [2.45, 2.75) is 12.5 Å². The Hall–Kier alpha value is -3.48. The van der Waals surface area contributed by atoms with Crippen LogP contribution in [0, 0.1) is 5.82 Å². The van der Waals surface area contributed by atoms with Crippen molar-refractivity contribution >= 4 is 17.6 Å². The van der Waals surface area contributed by atoms with Gasteiger partial charge in [-0.3, -0.25) is 4.79 Å². The molecule has 26 heavy (non-hydrogen) atoms. The first-order valence-electron chi connectivity index (χ1n) is 7.82. The predicted molar refractivity (Wildman–Crippen MR) is 92.0 cm³/mol. The summed E-state index contributed by atoms with van der Waals surface area (Å²) in [6, 6.07) is 11.8.